The lowest BCUT2D eigenvalue weighted by atomic mass is 10.2. The van der Waals surface area contributed by atoms with Crippen molar-refractivity contribution >= 4 is 23.0 Å². The van der Waals surface area contributed by atoms with Gasteiger partial charge in [-0.25, -0.2) is 4.39 Å². The summed E-state index contributed by atoms with van der Waals surface area (Å²) in [5.74, 6) is -0.257. The molecular formula is C15H16ClFN2. The van der Waals surface area contributed by atoms with E-state index < -0.39 is 0 Å². The zero-order valence-corrected chi connectivity index (χ0v) is 11.7. The number of halogens is 2. The molecule has 2 aromatic rings. The fourth-order valence-electron chi connectivity index (χ4n) is 1.96. The molecule has 1 N–H and O–H groups in total. The molecule has 0 radical (unpaired) electrons. The van der Waals surface area contributed by atoms with E-state index in [0.717, 1.165) is 23.5 Å². The van der Waals surface area contributed by atoms with Gasteiger partial charge < -0.3 is 10.2 Å². The van der Waals surface area contributed by atoms with Crippen LogP contribution < -0.4 is 10.2 Å². The molecule has 100 valence electrons. The summed E-state index contributed by atoms with van der Waals surface area (Å²) in [7, 11) is 3.76. The van der Waals surface area contributed by atoms with Crippen molar-refractivity contribution in [3.63, 3.8) is 0 Å². The van der Waals surface area contributed by atoms with Gasteiger partial charge >= 0.3 is 0 Å². The normalized spacial score (nSPS) is 10.5. The van der Waals surface area contributed by atoms with E-state index in [1.807, 2.05) is 43.3 Å². The molecule has 0 heterocycles. The first-order chi connectivity index (χ1) is 9.11. The van der Waals surface area contributed by atoms with Gasteiger partial charge in [-0.2, -0.15) is 0 Å². The maximum Gasteiger partial charge on any atom is 0.125 e. The molecule has 2 aromatic carbocycles. The van der Waals surface area contributed by atoms with E-state index in [-0.39, 0.29) is 5.82 Å². The van der Waals surface area contributed by atoms with Crippen molar-refractivity contribution in [3.05, 3.63) is 58.9 Å². The highest BCUT2D eigenvalue weighted by molar-refractivity contribution is 6.33. The average Bonchev–Trinajstić information content (AvgIpc) is 2.38. The lowest BCUT2D eigenvalue weighted by Crippen LogP contribution is -2.11. The van der Waals surface area contributed by atoms with Crippen LogP contribution in [0.4, 0.5) is 15.8 Å². The smallest absolute Gasteiger partial charge is 0.125 e. The molecule has 0 saturated carbocycles. The van der Waals surface area contributed by atoms with Crippen molar-refractivity contribution in [2.45, 2.75) is 6.54 Å². The Labute approximate surface area is 117 Å². The summed E-state index contributed by atoms with van der Waals surface area (Å²) in [5, 5.41) is 3.73. The first kappa shape index (κ1) is 13.8. The topological polar surface area (TPSA) is 15.3 Å². The van der Waals surface area contributed by atoms with Gasteiger partial charge in [-0.3, -0.25) is 0 Å². The minimum atomic E-state index is -0.257. The first-order valence-corrected chi connectivity index (χ1v) is 6.42. The molecule has 19 heavy (non-hydrogen) atoms. The van der Waals surface area contributed by atoms with E-state index in [2.05, 4.69) is 5.32 Å². The third kappa shape index (κ3) is 3.25. The standard InChI is InChI=1S/C15H16ClFN2/c1-18-10-11-6-7-15(14(16)8-11)19(2)13-5-3-4-12(17)9-13/h3-9,18H,10H2,1-2H3. The summed E-state index contributed by atoms with van der Waals surface area (Å²) in [6.07, 6.45) is 0. The Morgan fingerprint density at radius 3 is 2.63 bits per heavy atom. The minimum absolute atomic E-state index is 0.257. The van der Waals surface area contributed by atoms with Crippen molar-refractivity contribution in [2.24, 2.45) is 0 Å². The van der Waals surface area contributed by atoms with E-state index in [1.165, 1.54) is 12.1 Å². The van der Waals surface area contributed by atoms with Gasteiger partial charge in [0.15, 0.2) is 0 Å². The Bertz CT molecular complexity index is 572. The van der Waals surface area contributed by atoms with E-state index in [4.69, 9.17) is 11.6 Å². The number of anilines is 2. The molecule has 0 aliphatic heterocycles. The molecule has 0 unspecified atom stereocenters. The van der Waals surface area contributed by atoms with Crippen molar-refractivity contribution in [2.75, 3.05) is 19.0 Å². The Kier molecular flexibility index (Phi) is 4.40. The molecular weight excluding hydrogens is 263 g/mol. The van der Waals surface area contributed by atoms with Gasteiger partial charge in [0.25, 0.3) is 0 Å². The zero-order chi connectivity index (χ0) is 13.8. The number of benzene rings is 2. The predicted octanol–water partition coefficient (Wildman–Crippen LogP) is 3.97. The fourth-order valence-corrected chi connectivity index (χ4v) is 2.29. The summed E-state index contributed by atoms with van der Waals surface area (Å²) in [6, 6.07) is 12.3. The molecule has 0 saturated heterocycles. The van der Waals surface area contributed by atoms with E-state index in [9.17, 15) is 4.39 Å². The van der Waals surface area contributed by atoms with Gasteiger partial charge in [-0.05, 0) is 42.9 Å². The minimum Gasteiger partial charge on any atom is -0.343 e. The van der Waals surface area contributed by atoms with E-state index >= 15 is 0 Å². The number of nitrogens with zero attached hydrogens (tertiary/aromatic N) is 1. The first-order valence-electron chi connectivity index (χ1n) is 6.04. The Morgan fingerprint density at radius 2 is 2.00 bits per heavy atom. The van der Waals surface area contributed by atoms with Crippen LogP contribution in [0.3, 0.4) is 0 Å². The van der Waals surface area contributed by atoms with Gasteiger partial charge in [0, 0.05) is 19.3 Å². The van der Waals surface area contributed by atoms with Gasteiger partial charge in [0.05, 0.1) is 10.7 Å². The molecule has 0 aliphatic carbocycles. The highest BCUT2D eigenvalue weighted by Crippen LogP contribution is 2.31. The molecule has 0 spiro atoms. The van der Waals surface area contributed by atoms with Crippen molar-refractivity contribution in [1.29, 1.82) is 0 Å². The Balaban J connectivity index is 2.31. The van der Waals surface area contributed by atoms with Crippen LogP contribution in [0.25, 0.3) is 0 Å². The monoisotopic (exact) mass is 278 g/mol. The molecule has 0 bridgehead atoms. The maximum absolute atomic E-state index is 13.2. The van der Waals surface area contributed by atoms with Crippen molar-refractivity contribution < 1.29 is 4.39 Å². The zero-order valence-electron chi connectivity index (χ0n) is 11.0. The molecule has 0 aliphatic rings. The van der Waals surface area contributed by atoms with Crippen LogP contribution in [0, 0.1) is 5.82 Å². The predicted molar refractivity (Wildman–Crippen MR) is 78.7 cm³/mol. The van der Waals surface area contributed by atoms with Gasteiger partial charge in [0.1, 0.15) is 5.82 Å². The van der Waals surface area contributed by atoms with Gasteiger partial charge in [-0.15, -0.1) is 0 Å². The number of nitrogens with one attached hydrogen (secondary N) is 1. The van der Waals surface area contributed by atoms with Crippen LogP contribution in [-0.2, 0) is 6.54 Å². The molecule has 0 atom stereocenters. The van der Waals surface area contributed by atoms with Crippen LogP contribution in [-0.4, -0.2) is 14.1 Å². The molecule has 0 fully saturated rings. The van der Waals surface area contributed by atoms with Crippen LogP contribution in [0.1, 0.15) is 5.56 Å². The largest absolute Gasteiger partial charge is 0.343 e. The lowest BCUT2D eigenvalue weighted by Gasteiger charge is -2.21. The van der Waals surface area contributed by atoms with Crippen LogP contribution in [0.15, 0.2) is 42.5 Å². The summed E-state index contributed by atoms with van der Waals surface area (Å²) in [5.41, 5.74) is 2.74. The van der Waals surface area contributed by atoms with Crippen LogP contribution in [0.2, 0.25) is 5.02 Å². The molecule has 0 aromatic heterocycles. The number of hydrogen-bond acceptors (Lipinski definition) is 2. The second-order valence-corrected chi connectivity index (χ2v) is 4.76. The SMILES string of the molecule is CNCc1ccc(N(C)c2cccc(F)c2)c(Cl)c1. The highest BCUT2D eigenvalue weighted by Gasteiger charge is 2.09. The van der Waals surface area contributed by atoms with Gasteiger partial charge in [0.2, 0.25) is 0 Å². The summed E-state index contributed by atoms with van der Waals surface area (Å²) in [4.78, 5) is 1.87. The van der Waals surface area contributed by atoms with E-state index in [1.54, 1.807) is 6.07 Å². The summed E-state index contributed by atoms with van der Waals surface area (Å²) >= 11 is 6.29. The van der Waals surface area contributed by atoms with Crippen molar-refractivity contribution in [1.82, 2.24) is 5.32 Å². The second-order valence-electron chi connectivity index (χ2n) is 4.35. The van der Waals surface area contributed by atoms with Crippen LogP contribution >= 0.6 is 11.6 Å². The number of rotatable bonds is 4. The third-order valence-corrected chi connectivity index (χ3v) is 3.25. The maximum atomic E-state index is 13.2. The average molecular weight is 279 g/mol. The Hall–Kier alpha value is -1.58. The molecule has 2 nitrogen and oxygen atoms in total. The van der Waals surface area contributed by atoms with Gasteiger partial charge in [-0.1, -0.05) is 23.7 Å². The second kappa shape index (κ2) is 6.04. The molecule has 4 heteroatoms. The summed E-state index contributed by atoms with van der Waals surface area (Å²) in [6.45, 7) is 0.768. The fraction of sp³-hybridized carbons (Fsp3) is 0.200. The van der Waals surface area contributed by atoms with Crippen LogP contribution in [0.5, 0.6) is 0 Å². The molecule has 2 rings (SSSR count). The van der Waals surface area contributed by atoms with Crippen molar-refractivity contribution in [3.8, 4) is 0 Å². The quantitative estimate of drug-likeness (QED) is 0.910. The van der Waals surface area contributed by atoms with E-state index in [0.29, 0.717) is 5.02 Å². The number of hydrogen-bond donors (Lipinski definition) is 1. The Morgan fingerprint density at radius 1 is 1.21 bits per heavy atom. The highest BCUT2D eigenvalue weighted by atomic mass is 35.5. The third-order valence-electron chi connectivity index (χ3n) is 2.95. The summed E-state index contributed by atoms with van der Waals surface area (Å²) < 4.78 is 13.2. The lowest BCUT2D eigenvalue weighted by molar-refractivity contribution is 0.628. The molecule has 0 amide bonds.